The largest absolute Gasteiger partial charge is 0.385 e. The average molecular weight is 359 g/mol. The highest BCUT2D eigenvalue weighted by Gasteiger charge is 2.21. The van der Waals surface area contributed by atoms with E-state index in [0.29, 0.717) is 12.1 Å². The average Bonchev–Trinajstić information content (AvgIpc) is 2.56. The van der Waals surface area contributed by atoms with Crippen molar-refractivity contribution in [3.63, 3.8) is 0 Å². The fourth-order valence-electron chi connectivity index (χ4n) is 2.48. The van der Waals surface area contributed by atoms with Gasteiger partial charge in [0.2, 0.25) is 0 Å². The maximum Gasteiger partial charge on any atom is 0.257 e. The van der Waals surface area contributed by atoms with E-state index in [2.05, 4.69) is 4.98 Å². The number of benzene rings is 2. The van der Waals surface area contributed by atoms with E-state index in [0.717, 1.165) is 18.2 Å². The first-order valence-corrected chi connectivity index (χ1v) is 7.27. The summed E-state index contributed by atoms with van der Waals surface area (Å²) in [6.07, 6.45) is 0. The monoisotopic (exact) mass is 359 g/mol. The van der Waals surface area contributed by atoms with E-state index in [1.165, 1.54) is 12.1 Å². The van der Waals surface area contributed by atoms with Gasteiger partial charge in [0.05, 0.1) is 16.7 Å². The molecule has 1 aromatic heterocycles. The summed E-state index contributed by atoms with van der Waals surface area (Å²) in [4.78, 5) is 26.8. The standard InChI is InChI=1S/C18H10F3N2O3/c19-9-3-1-8(2-4-9)16(25)12-7-11(18(26)23-17(12)22)15-13(20)5-10(24)6-14(15)21/h1-7H,(H3,22,23,26). The molecule has 1 radical (unpaired) electrons. The van der Waals surface area contributed by atoms with Gasteiger partial charge in [-0.3, -0.25) is 14.7 Å². The number of aromatic nitrogens is 1. The number of carbonyl (C=O) groups is 1. The van der Waals surface area contributed by atoms with E-state index in [4.69, 9.17) is 5.73 Å². The van der Waals surface area contributed by atoms with Crippen LogP contribution in [0.1, 0.15) is 15.9 Å². The SMILES string of the molecule is Nc1[nH]c(=O)c(-c2c(F)cc([O])cc2F)cc1C(=O)c1ccc(F)cc1. The van der Waals surface area contributed by atoms with Crippen LogP contribution >= 0.6 is 0 Å². The van der Waals surface area contributed by atoms with Crippen LogP contribution in [0, 0.1) is 17.5 Å². The molecule has 3 N–H and O–H groups in total. The number of nitrogen functional groups attached to an aromatic ring is 1. The van der Waals surface area contributed by atoms with Crippen molar-refractivity contribution < 1.29 is 23.1 Å². The normalized spacial score (nSPS) is 10.7. The second kappa shape index (κ2) is 6.40. The molecule has 0 aliphatic heterocycles. The fraction of sp³-hybridized carbons (Fsp3) is 0. The molecule has 0 fully saturated rings. The first-order chi connectivity index (χ1) is 12.3. The molecule has 1 heterocycles. The number of pyridine rings is 1. The molecule has 0 amide bonds. The van der Waals surface area contributed by atoms with Crippen molar-refractivity contribution in [2.75, 3.05) is 5.73 Å². The molecular formula is C18H10F3N2O3. The van der Waals surface area contributed by atoms with Crippen LogP contribution in [-0.4, -0.2) is 10.8 Å². The third kappa shape index (κ3) is 3.04. The van der Waals surface area contributed by atoms with E-state index in [9.17, 15) is 27.9 Å². The maximum atomic E-state index is 14.0. The predicted octanol–water partition coefficient (Wildman–Crippen LogP) is 3.42. The lowest BCUT2D eigenvalue weighted by Gasteiger charge is -2.09. The molecule has 0 spiro atoms. The maximum absolute atomic E-state index is 14.0. The van der Waals surface area contributed by atoms with Crippen molar-refractivity contribution in [1.29, 1.82) is 0 Å². The summed E-state index contributed by atoms with van der Waals surface area (Å²) in [6.45, 7) is 0. The predicted molar refractivity (Wildman–Crippen MR) is 86.8 cm³/mol. The highest BCUT2D eigenvalue weighted by atomic mass is 19.1. The molecule has 0 aliphatic rings. The van der Waals surface area contributed by atoms with Gasteiger partial charge in [0.1, 0.15) is 23.3 Å². The number of aromatic amines is 1. The van der Waals surface area contributed by atoms with Crippen LogP contribution in [0.5, 0.6) is 5.75 Å². The van der Waals surface area contributed by atoms with Crippen LogP contribution < -0.4 is 11.3 Å². The van der Waals surface area contributed by atoms with Crippen molar-refractivity contribution >= 4 is 11.6 Å². The summed E-state index contributed by atoms with van der Waals surface area (Å²) in [7, 11) is 0. The Labute approximate surface area is 144 Å². The number of ketones is 1. The third-order valence-corrected chi connectivity index (χ3v) is 3.71. The van der Waals surface area contributed by atoms with Crippen molar-refractivity contribution in [2.24, 2.45) is 0 Å². The van der Waals surface area contributed by atoms with Gasteiger partial charge in [-0.2, -0.15) is 0 Å². The van der Waals surface area contributed by atoms with Crippen LogP contribution in [0.25, 0.3) is 11.1 Å². The lowest BCUT2D eigenvalue weighted by molar-refractivity contribution is 0.103. The van der Waals surface area contributed by atoms with Crippen LogP contribution in [-0.2, 0) is 5.11 Å². The number of anilines is 1. The van der Waals surface area contributed by atoms with Crippen molar-refractivity contribution in [3.05, 3.63) is 81.4 Å². The third-order valence-electron chi connectivity index (χ3n) is 3.71. The van der Waals surface area contributed by atoms with Crippen molar-refractivity contribution in [1.82, 2.24) is 4.98 Å². The summed E-state index contributed by atoms with van der Waals surface area (Å²) in [5.74, 6) is -4.94. The Kier molecular flexibility index (Phi) is 4.25. The molecule has 0 saturated carbocycles. The van der Waals surface area contributed by atoms with Gasteiger partial charge in [0.15, 0.2) is 11.5 Å². The van der Waals surface area contributed by atoms with E-state index in [-0.39, 0.29) is 16.9 Å². The minimum Gasteiger partial charge on any atom is -0.385 e. The Bertz CT molecular complexity index is 1050. The molecule has 0 aliphatic carbocycles. The van der Waals surface area contributed by atoms with Crippen LogP contribution in [0.15, 0.2) is 47.3 Å². The molecule has 0 atom stereocenters. The zero-order valence-corrected chi connectivity index (χ0v) is 13.0. The van der Waals surface area contributed by atoms with E-state index >= 15 is 0 Å². The topological polar surface area (TPSA) is 95.8 Å². The Hall–Kier alpha value is -3.55. The number of hydrogen-bond acceptors (Lipinski definition) is 3. The molecule has 0 bridgehead atoms. The Morgan fingerprint density at radius 1 is 0.962 bits per heavy atom. The molecule has 2 aromatic carbocycles. The van der Waals surface area contributed by atoms with Crippen LogP contribution in [0.4, 0.5) is 19.0 Å². The molecule has 3 rings (SSSR count). The van der Waals surface area contributed by atoms with Gasteiger partial charge in [0, 0.05) is 17.7 Å². The number of carbonyl (C=O) groups excluding carboxylic acids is 1. The summed E-state index contributed by atoms with van der Waals surface area (Å²) in [6, 6.07) is 6.51. The lowest BCUT2D eigenvalue weighted by atomic mass is 9.99. The number of hydrogen-bond donors (Lipinski definition) is 2. The van der Waals surface area contributed by atoms with Crippen LogP contribution in [0.2, 0.25) is 0 Å². The fourth-order valence-corrected chi connectivity index (χ4v) is 2.48. The van der Waals surface area contributed by atoms with Gasteiger partial charge < -0.3 is 10.7 Å². The highest BCUT2D eigenvalue weighted by molar-refractivity contribution is 6.12. The Morgan fingerprint density at radius 3 is 2.12 bits per heavy atom. The molecule has 3 aromatic rings. The Balaban J connectivity index is 2.19. The Morgan fingerprint density at radius 2 is 1.54 bits per heavy atom. The summed E-state index contributed by atoms with van der Waals surface area (Å²) in [5, 5.41) is 11.2. The molecule has 131 valence electrons. The van der Waals surface area contributed by atoms with Crippen molar-refractivity contribution in [3.8, 4) is 16.9 Å². The summed E-state index contributed by atoms with van der Waals surface area (Å²) in [5.41, 5.74) is 3.30. The second-order valence-electron chi connectivity index (χ2n) is 5.44. The second-order valence-corrected chi connectivity index (χ2v) is 5.44. The first kappa shape index (κ1) is 17.3. The highest BCUT2D eigenvalue weighted by Crippen LogP contribution is 2.29. The van der Waals surface area contributed by atoms with Crippen molar-refractivity contribution in [2.45, 2.75) is 0 Å². The van der Waals surface area contributed by atoms with E-state index in [1.54, 1.807) is 0 Å². The first-order valence-electron chi connectivity index (χ1n) is 7.27. The molecule has 26 heavy (non-hydrogen) atoms. The summed E-state index contributed by atoms with van der Waals surface area (Å²) >= 11 is 0. The van der Waals surface area contributed by atoms with Gasteiger partial charge in [-0.25, -0.2) is 13.2 Å². The zero-order valence-electron chi connectivity index (χ0n) is 13.0. The van der Waals surface area contributed by atoms with Gasteiger partial charge in [-0.1, -0.05) is 0 Å². The lowest BCUT2D eigenvalue weighted by Crippen LogP contribution is -2.17. The number of H-pyrrole nitrogens is 1. The molecular weight excluding hydrogens is 349 g/mol. The number of nitrogens with two attached hydrogens (primary N) is 1. The van der Waals surface area contributed by atoms with E-state index < -0.39 is 45.7 Å². The number of halogens is 3. The molecule has 8 heteroatoms. The van der Waals surface area contributed by atoms with Gasteiger partial charge in [-0.15, -0.1) is 0 Å². The van der Waals surface area contributed by atoms with E-state index in [1.807, 2.05) is 0 Å². The minimum absolute atomic E-state index is 0.0620. The molecule has 5 nitrogen and oxygen atoms in total. The smallest absolute Gasteiger partial charge is 0.257 e. The van der Waals surface area contributed by atoms with Gasteiger partial charge in [-0.05, 0) is 30.3 Å². The van der Waals surface area contributed by atoms with Gasteiger partial charge >= 0.3 is 0 Å². The number of rotatable bonds is 3. The zero-order chi connectivity index (χ0) is 19.0. The molecule has 0 saturated heterocycles. The quantitative estimate of drug-likeness (QED) is 0.702. The summed E-state index contributed by atoms with van der Waals surface area (Å²) < 4.78 is 41.1. The minimum atomic E-state index is -1.24. The number of nitrogens with one attached hydrogen (secondary N) is 1. The van der Waals surface area contributed by atoms with Crippen LogP contribution in [0.3, 0.4) is 0 Å². The van der Waals surface area contributed by atoms with Gasteiger partial charge in [0.25, 0.3) is 5.56 Å². The molecule has 0 unspecified atom stereocenters.